The number of ether oxygens (including phenoxy) is 1. The number of nitrogens with zero attached hydrogens (tertiary/aromatic N) is 1. The van der Waals surface area contributed by atoms with Gasteiger partial charge < -0.3 is 15.8 Å². The predicted octanol–water partition coefficient (Wildman–Crippen LogP) is 4.75. The Hall–Kier alpha value is -3.91. The molecule has 186 valence electrons. The van der Waals surface area contributed by atoms with Gasteiger partial charge in [0.1, 0.15) is 11.6 Å². The van der Waals surface area contributed by atoms with Gasteiger partial charge in [-0.2, -0.15) is 0 Å². The normalized spacial score (nSPS) is 12.3. The number of amides is 1. The number of fused-ring (bicyclic) bond motifs is 1. The smallest absolute Gasteiger partial charge is 0.261 e. The van der Waals surface area contributed by atoms with Crippen LogP contribution in [-0.4, -0.2) is 31.7 Å². The summed E-state index contributed by atoms with van der Waals surface area (Å²) < 4.78 is 30.8. The first-order valence-electron chi connectivity index (χ1n) is 11.7. The fourth-order valence-corrected chi connectivity index (χ4v) is 5.06. The highest BCUT2D eigenvalue weighted by atomic mass is 32.2. The molecule has 4 aromatic rings. The molecule has 4 rings (SSSR count). The van der Waals surface area contributed by atoms with Gasteiger partial charge in [-0.3, -0.25) is 4.79 Å². The van der Waals surface area contributed by atoms with Crippen LogP contribution in [0.3, 0.4) is 0 Å². The molecule has 7 nitrogen and oxygen atoms in total. The molecule has 0 aliphatic heterocycles. The Morgan fingerprint density at radius 3 is 2.50 bits per heavy atom. The first kappa shape index (κ1) is 25.2. The minimum Gasteiger partial charge on any atom is -0.481 e. The van der Waals surface area contributed by atoms with Crippen LogP contribution >= 0.6 is 0 Å². The Kier molecular flexibility index (Phi) is 7.55. The summed E-state index contributed by atoms with van der Waals surface area (Å²) in [5.41, 5.74) is 8.17. The summed E-state index contributed by atoms with van der Waals surface area (Å²) in [6, 6.07) is 21.7. The van der Waals surface area contributed by atoms with E-state index in [9.17, 15) is 13.2 Å². The lowest BCUT2D eigenvalue weighted by atomic mass is 9.99. The van der Waals surface area contributed by atoms with E-state index in [1.165, 1.54) is 6.26 Å². The average molecular weight is 504 g/mol. The van der Waals surface area contributed by atoms with E-state index in [1.807, 2.05) is 49.4 Å². The van der Waals surface area contributed by atoms with E-state index in [0.29, 0.717) is 23.6 Å². The number of pyridine rings is 1. The number of sulfone groups is 1. The summed E-state index contributed by atoms with van der Waals surface area (Å²) in [5, 5.41) is 4.68. The molecule has 3 N–H and O–H groups in total. The Balaban J connectivity index is 1.54. The number of anilines is 1. The number of nitrogens with two attached hydrogens (primary N) is 1. The molecule has 0 radical (unpaired) electrons. The lowest BCUT2D eigenvalue weighted by Crippen LogP contribution is -2.38. The van der Waals surface area contributed by atoms with Gasteiger partial charge in [-0.25, -0.2) is 13.4 Å². The number of aromatic nitrogens is 1. The van der Waals surface area contributed by atoms with Crippen molar-refractivity contribution in [2.75, 3.05) is 12.0 Å². The van der Waals surface area contributed by atoms with Crippen LogP contribution in [0.2, 0.25) is 0 Å². The minimum atomic E-state index is -3.42. The maximum atomic E-state index is 13.1. The molecular weight excluding hydrogens is 474 g/mol. The van der Waals surface area contributed by atoms with Crippen molar-refractivity contribution in [2.45, 2.75) is 37.3 Å². The fourth-order valence-electron chi connectivity index (χ4n) is 4.16. The highest BCUT2D eigenvalue weighted by Gasteiger charge is 2.21. The quantitative estimate of drug-likeness (QED) is 0.341. The Morgan fingerprint density at radius 1 is 1.03 bits per heavy atom. The SMILES string of the molecule is CCCC(Oc1ccc2ccnc(N)c2c1)C(=O)NCc1ccccc1-c1ccccc1S(C)(=O)=O. The van der Waals surface area contributed by atoms with E-state index in [4.69, 9.17) is 10.5 Å². The van der Waals surface area contributed by atoms with E-state index in [2.05, 4.69) is 10.3 Å². The number of hydrogen-bond donors (Lipinski definition) is 2. The molecular formula is C28H29N3O4S. The number of rotatable bonds is 9. The van der Waals surface area contributed by atoms with Gasteiger partial charge in [0.2, 0.25) is 0 Å². The highest BCUT2D eigenvalue weighted by Crippen LogP contribution is 2.30. The molecule has 1 unspecified atom stereocenters. The molecule has 0 aliphatic carbocycles. The minimum absolute atomic E-state index is 0.227. The fraction of sp³-hybridized carbons (Fsp3) is 0.214. The zero-order chi connectivity index (χ0) is 25.7. The second-order valence-electron chi connectivity index (χ2n) is 8.62. The van der Waals surface area contributed by atoms with E-state index in [-0.39, 0.29) is 17.3 Å². The van der Waals surface area contributed by atoms with Gasteiger partial charge >= 0.3 is 0 Å². The van der Waals surface area contributed by atoms with Gasteiger partial charge in [0.25, 0.3) is 5.91 Å². The number of benzene rings is 3. The van der Waals surface area contributed by atoms with Gasteiger partial charge in [-0.1, -0.05) is 61.9 Å². The summed E-state index contributed by atoms with van der Waals surface area (Å²) in [6.45, 7) is 2.22. The summed E-state index contributed by atoms with van der Waals surface area (Å²) in [4.78, 5) is 17.5. The lowest BCUT2D eigenvalue weighted by Gasteiger charge is -2.20. The first-order chi connectivity index (χ1) is 17.3. The van der Waals surface area contributed by atoms with Crippen molar-refractivity contribution in [1.82, 2.24) is 10.3 Å². The monoisotopic (exact) mass is 503 g/mol. The molecule has 0 saturated heterocycles. The van der Waals surface area contributed by atoms with Crippen LogP contribution in [0.1, 0.15) is 25.3 Å². The number of nitrogen functional groups attached to an aromatic ring is 1. The zero-order valence-electron chi connectivity index (χ0n) is 20.3. The molecule has 0 saturated carbocycles. The zero-order valence-corrected chi connectivity index (χ0v) is 21.1. The van der Waals surface area contributed by atoms with Crippen molar-refractivity contribution in [3.05, 3.63) is 84.6 Å². The molecule has 0 bridgehead atoms. The number of carbonyl (C=O) groups excluding carboxylic acids is 1. The Labute approximate surface area is 211 Å². The maximum Gasteiger partial charge on any atom is 0.261 e. The van der Waals surface area contributed by atoms with Gasteiger partial charge in [-0.15, -0.1) is 0 Å². The number of hydrogen-bond acceptors (Lipinski definition) is 6. The van der Waals surface area contributed by atoms with Gasteiger partial charge in [-0.05, 0) is 47.2 Å². The van der Waals surface area contributed by atoms with E-state index in [1.54, 1.807) is 36.5 Å². The van der Waals surface area contributed by atoms with Crippen molar-refractivity contribution in [1.29, 1.82) is 0 Å². The maximum absolute atomic E-state index is 13.1. The Morgan fingerprint density at radius 2 is 1.75 bits per heavy atom. The number of nitrogens with one attached hydrogen (secondary N) is 1. The highest BCUT2D eigenvalue weighted by molar-refractivity contribution is 7.90. The van der Waals surface area contributed by atoms with Crippen molar-refractivity contribution in [3.8, 4) is 16.9 Å². The van der Waals surface area contributed by atoms with Crippen LogP contribution in [0.25, 0.3) is 21.9 Å². The van der Waals surface area contributed by atoms with E-state index >= 15 is 0 Å². The third kappa shape index (κ3) is 5.66. The van der Waals surface area contributed by atoms with Gasteiger partial charge in [0, 0.05) is 29.9 Å². The van der Waals surface area contributed by atoms with Crippen LogP contribution in [-0.2, 0) is 21.2 Å². The lowest BCUT2D eigenvalue weighted by molar-refractivity contribution is -0.128. The summed E-state index contributed by atoms with van der Waals surface area (Å²) in [5.74, 6) is 0.695. The van der Waals surface area contributed by atoms with Crippen LogP contribution in [0.4, 0.5) is 5.82 Å². The van der Waals surface area contributed by atoms with Crippen LogP contribution in [0, 0.1) is 0 Å². The van der Waals surface area contributed by atoms with Crippen LogP contribution < -0.4 is 15.8 Å². The molecule has 0 aliphatic rings. The molecule has 1 atom stereocenters. The summed E-state index contributed by atoms with van der Waals surface area (Å²) >= 11 is 0. The van der Waals surface area contributed by atoms with Crippen LogP contribution in [0.15, 0.2) is 83.9 Å². The Bertz CT molecular complexity index is 1500. The largest absolute Gasteiger partial charge is 0.481 e. The third-order valence-electron chi connectivity index (χ3n) is 5.94. The second-order valence-corrected chi connectivity index (χ2v) is 10.6. The molecule has 1 aromatic heterocycles. The molecule has 36 heavy (non-hydrogen) atoms. The number of carbonyl (C=O) groups is 1. The van der Waals surface area contributed by atoms with Gasteiger partial charge in [0.05, 0.1) is 4.90 Å². The second kappa shape index (κ2) is 10.8. The molecule has 8 heteroatoms. The molecule has 1 heterocycles. The van der Waals surface area contributed by atoms with Crippen molar-refractivity contribution in [2.24, 2.45) is 0 Å². The summed E-state index contributed by atoms with van der Waals surface area (Å²) in [7, 11) is -3.42. The van der Waals surface area contributed by atoms with E-state index in [0.717, 1.165) is 28.3 Å². The topological polar surface area (TPSA) is 111 Å². The van der Waals surface area contributed by atoms with Crippen molar-refractivity contribution < 1.29 is 17.9 Å². The van der Waals surface area contributed by atoms with Gasteiger partial charge in [0.15, 0.2) is 15.9 Å². The molecule has 3 aromatic carbocycles. The summed E-state index contributed by atoms with van der Waals surface area (Å²) in [6.07, 6.45) is 3.44. The molecule has 0 fully saturated rings. The average Bonchev–Trinajstić information content (AvgIpc) is 2.87. The van der Waals surface area contributed by atoms with Crippen LogP contribution in [0.5, 0.6) is 5.75 Å². The van der Waals surface area contributed by atoms with Crippen molar-refractivity contribution >= 4 is 32.3 Å². The van der Waals surface area contributed by atoms with Crippen molar-refractivity contribution in [3.63, 3.8) is 0 Å². The molecule has 1 amide bonds. The first-order valence-corrected chi connectivity index (χ1v) is 13.6. The van der Waals surface area contributed by atoms with E-state index < -0.39 is 15.9 Å². The molecule has 0 spiro atoms. The predicted molar refractivity (Wildman–Crippen MR) is 142 cm³/mol. The standard InChI is InChI=1S/C28H29N3O4S/c1-3-8-25(35-21-14-13-19-15-16-30-27(29)24(19)17-21)28(32)31-18-20-9-4-5-10-22(20)23-11-6-7-12-26(23)36(2,33)34/h4-7,9-17,25H,3,8,18H2,1-2H3,(H2,29,30)(H,31,32). The third-order valence-corrected chi connectivity index (χ3v) is 7.09.